The number of hydrogen-bond donors (Lipinski definition) is 0. The van der Waals surface area contributed by atoms with Gasteiger partial charge in [-0.2, -0.15) is 0 Å². The SMILES string of the molecule is c1ccc(-c2ccc(N(c3ccc4cc5c6cc(-c7ccccc7)cc7c8cc9ccc(N(c%10ccc(-c%11ccccc%11)cc%10)c%10cccc%11c%10oc%10ccccc%10%11)cc9cc8n(c5cc4c3)c67)c3cccc4c3oc3ccccc34)cc2)cc1. The van der Waals surface area contributed by atoms with Crippen LogP contribution in [0.1, 0.15) is 0 Å². The number of fused-ring (bicyclic) bond motifs is 14. The van der Waals surface area contributed by atoms with Crippen molar-refractivity contribution < 1.29 is 8.83 Å². The summed E-state index contributed by atoms with van der Waals surface area (Å²) in [4.78, 5) is 4.71. The summed E-state index contributed by atoms with van der Waals surface area (Å²) in [5.41, 5.74) is 20.2. The minimum absolute atomic E-state index is 0.849. The molecule has 0 radical (unpaired) electrons. The Morgan fingerprint density at radius 3 is 1.06 bits per heavy atom. The summed E-state index contributed by atoms with van der Waals surface area (Å²) in [6.07, 6.45) is 0. The van der Waals surface area contributed by atoms with Gasteiger partial charge >= 0.3 is 0 Å². The minimum atomic E-state index is 0.849. The number of hydrogen-bond acceptors (Lipinski definition) is 4. The van der Waals surface area contributed by atoms with Crippen molar-refractivity contribution in [3.8, 4) is 33.4 Å². The summed E-state index contributed by atoms with van der Waals surface area (Å²) in [5, 5.41) is 13.9. The zero-order valence-electron chi connectivity index (χ0n) is 45.9. The van der Waals surface area contributed by atoms with Gasteiger partial charge in [-0.3, -0.25) is 0 Å². The molecule has 0 aliphatic rings. The number of para-hydroxylation sites is 4. The molecule has 18 aromatic rings. The van der Waals surface area contributed by atoms with E-state index in [0.717, 1.165) is 111 Å². The second kappa shape index (κ2) is 18.6. The third-order valence-electron chi connectivity index (χ3n) is 17.6. The van der Waals surface area contributed by atoms with Gasteiger partial charge in [-0.15, -0.1) is 0 Å². The first-order chi connectivity index (χ1) is 42.1. The van der Waals surface area contributed by atoms with E-state index in [2.05, 4.69) is 299 Å². The standard InChI is InChI=1S/C80H49N3O2/c1-4-16-50(17-5-1)53-30-36-60(37-31-53)81(72-26-14-24-66-64-22-10-12-28-76(64)84-79(66)72)62-40-34-55-44-68-70-46-59(52-20-8-3-9-21-52)47-71-69-45-56-35-41-63(43-58(56)49-75(69)83(78(70)71)74(68)48-57(55)42-62)82(61-38-32-54(33-39-61)51-18-6-2-7-19-51)73-27-15-25-67-65-23-11-13-29-77(65)85-80(67)73/h1-49H. The van der Waals surface area contributed by atoms with Crippen molar-refractivity contribution in [2.75, 3.05) is 9.80 Å². The first-order valence-corrected chi connectivity index (χ1v) is 29.0. The monoisotopic (exact) mass is 1080 g/mol. The van der Waals surface area contributed by atoms with Gasteiger partial charge in [0, 0.05) is 65.8 Å². The molecular formula is C80H49N3O2. The quantitative estimate of drug-likeness (QED) is 0.144. The van der Waals surface area contributed by atoms with Crippen LogP contribution in [-0.2, 0) is 0 Å². The first kappa shape index (κ1) is 47.3. The molecular weight excluding hydrogens is 1030 g/mol. The summed E-state index contributed by atoms with van der Waals surface area (Å²) in [5.74, 6) is 0. The average molecular weight is 1080 g/mol. The molecule has 85 heavy (non-hydrogen) atoms. The van der Waals surface area contributed by atoms with E-state index in [4.69, 9.17) is 8.83 Å². The van der Waals surface area contributed by atoms with E-state index in [0.29, 0.717) is 0 Å². The lowest BCUT2D eigenvalue weighted by atomic mass is 9.97. The van der Waals surface area contributed by atoms with Crippen molar-refractivity contribution in [3.63, 3.8) is 0 Å². The summed E-state index contributed by atoms with van der Waals surface area (Å²) >= 11 is 0. The van der Waals surface area contributed by atoms with Crippen LogP contribution in [0.25, 0.3) is 137 Å². The Balaban J connectivity index is 0.848. The van der Waals surface area contributed by atoms with E-state index in [1.54, 1.807) is 0 Å². The number of anilines is 6. The molecule has 0 saturated carbocycles. The molecule has 0 bridgehead atoms. The zero-order chi connectivity index (χ0) is 55.7. The lowest BCUT2D eigenvalue weighted by molar-refractivity contribution is 0.668. The van der Waals surface area contributed by atoms with E-state index in [-0.39, 0.29) is 0 Å². The van der Waals surface area contributed by atoms with Crippen LogP contribution >= 0.6 is 0 Å². The molecule has 0 aliphatic carbocycles. The van der Waals surface area contributed by atoms with Gasteiger partial charge in [0.2, 0.25) is 0 Å². The lowest BCUT2D eigenvalue weighted by Crippen LogP contribution is -2.10. The topological polar surface area (TPSA) is 37.2 Å². The fourth-order valence-corrected chi connectivity index (χ4v) is 13.6. The molecule has 5 nitrogen and oxygen atoms in total. The van der Waals surface area contributed by atoms with Crippen LogP contribution in [0.5, 0.6) is 0 Å². The fourth-order valence-electron chi connectivity index (χ4n) is 13.6. The van der Waals surface area contributed by atoms with Crippen molar-refractivity contribution in [2.24, 2.45) is 0 Å². The molecule has 0 N–H and O–H groups in total. The minimum Gasteiger partial charge on any atom is -0.454 e. The van der Waals surface area contributed by atoms with Crippen molar-refractivity contribution in [2.45, 2.75) is 0 Å². The Bertz CT molecular complexity index is 5320. The molecule has 0 atom stereocenters. The van der Waals surface area contributed by atoms with Gasteiger partial charge in [0.15, 0.2) is 11.2 Å². The Morgan fingerprint density at radius 2 is 0.612 bits per heavy atom. The first-order valence-electron chi connectivity index (χ1n) is 29.0. The Morgan fingerprint density at radius 1 is 0.235 bits per heavy atom. The van der Waals surface area contributed by atoms with Crippen LogP contribution < -0.4 is 9.80 Å². The van der Waals surface area contributed by atoms with Gasteiger partial charge in [-0.25, -0.2) is 0 Å². The molecule has 0 amide bonds. The van der Waals surface area contributed by atoms with Crippen molar-refractivity contribution in [1.82, 2.24) is 4.40 Å². The Labute approximate surface area is 488 Å². The van der Waals surface area contributed by atoms with E-state index in [9.17, 15) is 0 Å². The molecule has 0 spiro atoms. The summed E-state index contributed by atoms with van der Waals surface area (Å²) in [6, 6.07) is 108. The second-order valence-corrected chi connectivity index (χ2v) is 22.4. The molecule has 4 aromatic heterocycles. The maximum atomic E-state index is 6.78. The average Bonchev–Trinajstić information content (AvgIpc) is 1.72. The Hall–Kier alpha value is -11.4. The molecule has 0 aliphatic heterocycles. The molecule has 5 heteroatoms. The molecule has 0 saturated heterocycles. The number of rotatable bonds is 9. The highest BCUT2D eigenvalue weighted by Gasteiger charge is 2.25. The summed E-state index contributed by atoms with van der Waals surface area (Å²) in [6.45, 7) is 0. The van der Waals surface area contributed by atoms with E-state index < -0.39 is 0 Å². The highest BCUT2D eigenvalue weighted by Crippen LogP contribution is 2.49. The molecule has 14 aromatic carbocycles. The highest BCUT2D eigenvalue weighted by atomic mass is 16.3. The van der Waals surface area contributed by atoms with Crippen LogP contribution in [-0.4, -0.2) is 4.40 Å². The number of nitrogens with zero attached hydrogens (tertiary/aromatic N) is 3. The van der Waals surface area contributed by atoms with Gasteiger partial charge < -0.3 is 23.0 Å². The van der Waals surface area contributed by atoms with E-state index >= 15 is 0 Å². The van der Waals surface area contributed by atoms with Crippen molar-refractivity contribution in [1.29, 1.82) is 0 Å². The van der Waals surface area contributed by atoms with E-state index in [1.165, 1.54) is 60.1 Å². The normalized spacial score (nSPS) is 12.0. The van der Waals surface area contributed by atoms with Gasteiger partial charge in [0.25, 0.3) is 0 Å². The summed E-state index contributed by atoms with van der Waals surface area (Å²) < 4.78 is 16.1. The van der Waals surface area contributed by atoms with E-state index in [1.807, 2.05) is 12.1 Å². The fraction of sp³-hybridized carbons (Fsp3) is 0. The van der Waals surface area contributed by atoms with Crippen LogP contribution in [0, 0.1) is 0 Å². The van der Waals surface area contributed by atoms with Gasteiger partial charge in [0.1, 0.15) is 11.2 Å². The second-order valence-electron chi connectivity index (χ2n) is 22.4. The number of aromatic nitrogens is 1. The van der Waals surface area contributed by atoms with Crippen LogP contribution in [0.4, 0.5) is 34.1 Å². The van der Waals surface area contributed by atoms with Gasteiger partial charge in [0.05, 0.1) is 27.9 Å². The van der Waals surface area contributed by atoms with Gasteiger partial charge in [-0.05, 0) is 164 Å². The predicted octanol–water partition coefficient (Wildman–Crippen LogP) is 22.9. The predicted molar refractivity (Wildman–Crippen MR) is 356 cm³/mol. The molecule has 0 fully saturated rings. The maximum Gasteiger partial charge on any atom is 0.159 e. The number of benzene rings is 14. The van der Waals surface area contributed by atoms with Gasteiger partial charge in [-0.1, -0.05) is 188 Å². The largest absolute Gasteiger partial charge is 0.454 e. The Kier molecular flexibility index (Phi) is 10.3. The smallest absolute Gasteiger partial charge is 0.159 e. The lowest BCUT2D eigenvalue weighted by Gasteiger charge is -2.26. The molecule has 0 unspecified atom stereocenters. The van der Waals surface area contributed by atoms with Crippen LogP contribution in [0.3, 0.4) is 0 Å². The van der Waals surface area contributed by atoms with Crippen molar-refractivity contribution >= 4 is 138 Å². The summed E-state index contributed by atoms with van der Waals surface area (Å²) in [7, 11) is 0. The molecule has 396 valence electrons. The molecule has 4 heterocycles. The maximum absolute atomic E-state index is 6.78. The zero-order valence-corrected chi connectivity index (χ0v) is 45.9. The van der Waals surface area contributed by atoms with Crippen LogP contribution in [0.2, 0.25) is 0 Å². The number of furan rings is 2. The van der Waals surface area contributed by atoms with Crippen molar-refractivity contribution in [3.05, 3.63) is 297 Å². The highest BCUT2D eigenvalue weighted by molar-refractivity contribution is 6.27. The molecule has 18 rings (SSSR count). The third kappa shape index (κ3) is 7.44. The van der Waals surface area contributed by atoms with Crippen LogP contribution in [0.15, 0.2) is 306 Å². The third-order valence-corrected chi connectivity index (χ3v) is 17.6.